The molecule has 0 spiro atoms. The zero-order valence-electron chi connectivity index (χ0n) is 17.0. The number of imide groups is 1. The van der Waals surface area contributed by atoms with Crippen molar-refractivity contribution >= 4 is 40.8 Å². The molecule has 2 aromatic rings. The summed E-state index contributed by atoms with van der Waals surface area (Å²) in [6, 6.07) is 8.03. The number of carbonyl (C=O) groups is 3. The van der Waals surface area contributed by atoms with Crippen LogP contribution in [0.1, 0.15) is 63.9 Å². The molecule has 1 aliphatic heterocycles. The maximum absolute atomic E-state index is 12.9. The first-order chi connectivity index (χ1) is 14.3. The number of aryl methyl sites for hydroxylation is 2. The van der Waals surface area contributed by atoms with E-state index in [1.165, 1.54) is 4.90 Å². The van der Waals surface area contributed by atoms with E-state index in [0.717, 1.165) is 43.2 Å². The SMILES string of the molecule is Cc1cc(C)c(NC(=O)Nc2ccc3c(c2)C(=O)N(C2CCCCC2)C3=O)c(Cl)c1. The van der Waals surface area contributed by atoms with Crippen molar-refractivity contribution in [2.24, 2.45) is 0 Å². The maximum atomic E-state index is 12.9. The predicted octanol–water partition coefficient (Wildman–Crippen LogP) is 5.53. The number of halogens is 1. The summed E-state index contributed by atoms with van der Waals surface area (Å²) in [6.45, 7) is 3.80. The van der Waals surface area contributed by atoms with Crippen LogP contribution in [0, 0.1) is 13.8 Å². The fraction of sp³-hybridized carbons (Fsp3) is 0.348. The minimum absolute atomic E-state index is 0.0301. The Morgan fingerprint density at radius 2 is 1.67 bits per heavy atom. The molecule has 30 heavy (non-hydrogen) atoms. The van der Waals surface area contributed by atoms with Crippen molar-refractivity contribution in [3.8, 4) is 0 Å². The van der Waals surface area contributed by atoms with Gasteiger partial charge in [-0.25, -0.2) is 4.79 Å². The number of nitrogens with one attached hydrogen (secondary N) is 2. The van der Waals surface area contributed by atoms with Crippen LogP contribution in [0.3, 0.4) is 0 Å². The molecule has 0 saturated heterocycles. The van der Waals surface area contributed by atoms with Gasteiger partial charge in [0.1, 0.15) is 0 Å². The third-order valence-electron chi connectivity index (χ3n) is 5.79. The topological polar surface area (TPSA) is 78.5 Å². The van der Waals surface area contributed by atoms with Crippen molar-refractivity contribution in [2.45, 2.75) is 52.0 Å². The van der Waals surface area contributed by atoms with Gasteiger partial charge in [0.05, 0.1) is 21.8 Å². The second-order valence-corrected chi connectivity index (χ2v) is 8.46. The fourth-order valence-corrected chi connectivity index (χ4v) is 4.73. The summed E-state index contributed by atoms with van der Waals surface area (Å²) in [5.74, 6) is -0.511. The van der Waals surface area contributed by atoms with Crippen molar-refractivity contribution in [1.29, 1.82) is 0 Å². The second kappa shape index (κ2) is 8.11. The van der Waals surface area contributed by atoms with Crippen LogP contribution < -0.4 is 10.6 Å². The molecule has 0 bridgehead atoms. The number of carbonyl (C=O) groups excluding carboxylic acids is 3. The zero-order chi connectivity index (χ0) is 21.4. The molecule has 1 aliphatic carbocycles. The Hall–Kier alpha value is -2.86. The van der Waals surface area contributed by atoms with Crippen LogP contribution in [0.25, 0.3) is 0 Å². The average Bonchev–Trinajstić information content (AvgIpc) is 2.95. The Balaban J connectivity index is 1.51. The first kappa shape index (κ1) is 20.4. The van der Waals surface area contributed by atoms with Crippen LogP contribution in [-0.4, -0.2) is 28.8 Å². The highest BCUT2D eigenvalue weighted by Crippen LogP contribution is 2.32. The van der Waals surface area contributed by atoms with Crippen LogP contribution >= 0.6 is 11.6 Å². The van der Waals surface area contributed by atoms with Crippen LogP contribution in [0.5, 0.6) is 0 Å². The largest absolute Gasteiger partial charge is 0.323 e. The van der Waals surface area contributed by atoms with Crippen LogP contribution in [0.4, 0.5) is 16.2 Å². The normalized spacial score (nSPS) is 16.6. The molecular formula is C23H24ClN3O3. The third kappa shape index (κ3) is 3.79. The second-order valence-electron chi connectivity index (χ2n) is 8.05. The van der Waals surface area contributed by atoms with Gasteiger partial charge in [-0.1, -0.05) is 36.9 Å². The Bertz CT molecular complexity index is 1020. The van der Waals surface area contributed by atoms with Gasteiger partial charge in [0.15, 0.2) is 0 Å². The number of hydrogen-bond donors (Lipinski definition) is 2. The number of fused-ring (bicyclic) bond motifs is 1. The molecule has 7 heteroatoms. The molecule has 1 heterocycles. The van der Waals surface area contributed by atoms with Gasteiger partial charge in [0.2, 0.25) is 0 Å². The molecule has 156 valence electrons. The lowest BCUT2D eigenvalue weighted by Crippen LogP contribution is -2.40. The minimum atomic E-state index is -0.468. The number of rotatable bonds is 3. The Kier molecular flexibility index (Phi) is 5.52. The highest BCUT2D eigenvalue weighted by atomic mass is 35.5. The average molecular weight is 426 g/mol. The van der Waals surface area contributed by atoms with E-state index in [4.69, 9.17) is 11.6 Å². The summed E-state index contributed by atoms with van der Waals surface area (Å²) in [6.07, 6.45) is 4.93. The molecule has 2 aromatic carbocycles. The summed E-state index contributed by atoms with van der Waals surface area (Å²) < 4.78 is 0. The van der Waals surface area contributed by atoms with Crippen molar-refractivity contribution in [3.05, 3.63) is 57.6 Å². The summed E-state index contributed by atoms with van der Waals surface area (Å²) in [5, 5.41) is 5.95. The van der Waals surface area contributed by atoms with E-state index in [1.54, 1.807) is 24.3 Å². The number of benzene rings is 2. The van der Waals surface area contributed by atoms with Crippen LogP contribution in [0.2, 0.25) is 5.02 Å². The van der Waals surface area contributed by atoms with Crippen LogP contribution in [-0.2, 0) is 0 Å². The molecule has 1 saturated carbocycles. The summed E-state index contributed by atoms with van der Waals surface area (Å²) in [4.78, 5) is 39.6. The van der Waals surface area contributed by atoms with Gasteiger partial charge in [0.25, 0.3) is 11.8 Å². The van der Waals surface area contributed by atoms with Gasteiger partial charge in [-0.2, -0.15) is 0 Å². The predicted molar refractivity (Wildman–Crippen MR) is 117 cm³/mol. The number of anilines is 2. The van der Waals surface area contributed by atoms with Gasteiger partial charge < -0.3 is 10.6 Å². The van der Waals surface area contributed by atoms with E-state index in [1.807, 2.05) is 19.9 Å². The Labute approximate surface area is 180 Å². The van der Waals surface area contributed by atoms with E-state index in [-0.39, 0.29) is 17.9 Å². The number of amides is 4. The van der Waals surface area contributed by atoms with Gasteiger partial charge >= 0.3 is 6.03 Å². The van der Waals surface area contributed by atoms with Crippen molar-refractivity contribution < 1.29 is 14.4 Å². The summed E-state index contributed by atoms with van der Waals surface area (Å²) in [7, 11) is 0. The number of nitrogens with zero attached hydrogens (tertiary/aromatic N) is 1. The lowest BCUT2D eigenvalue weighted by molar-refractivity contribution is 0.0549. The molecule has 0 radical (unpaired) electrons. The van der Waals surface area contributed by atoms with Gasteiger partial charge in [0, 0.05) is 11.7 Å². The van der Waals surface area contributed by atoms with E-state index in [2.05, 4.69) is 10.6 Å². The van der Waals surface area contributed by atoms with Gasteiger partial charge in [-0.15, -0.1) is 0 Å². The molecule has 6 nitrogen and oxygen atoms in total. The van der Waals surface area contributed by atoms with E-state index in [0.29, 0.717) is 27.5 Å². The molecule has 2 aliphatic rings. The number of urea groups is 1. The quantitative estimate of drug-likeness (QED) is 0.634. The Morgan fingerprint density at radius 1 is 0.967 bits per heavy atom. The highest BCUT2D eigenvalue weighted by molar-refractivity contribution is 6.34. The van der Waals surface area contributed by atoms with Crippen molar-refractivity contribution in [3.63, 3.8) is 0 Å². The molecule has 0 atom stereocenters. The van der Waals surface area contributed by atoms with Crippen molar-refractivity contribution in [1.82, 2.24) is 4.90 Å². The lowest BCUT2D eigenvalue weighted by Gasteiger charge is -2.29. The first-order valence-electron chi connectivity index (χ1n) is 10.2. The minimum Gasteiger partial charge on any atom is -0.308 e. The molecule has 0 unspecified atom stereocenters. The van der Waals surface area contributed by atoms with Gasteiger partial charge in [-0.05, 0) is 62.1 Å². The standard InChI is InChI=1S/C23H24ClN3O3/c1-13-10-14(2)20(19(24)11-13)26-23(30)25-15-8-9-17-18(12-15)22(29)27(21(17)28)16-6-4-3-5-7-16/h8-12,16H,3-7H2,1-2H3,(H2,25,26,30). The van der Waals surface area contributed by atoms with E-state index < -0.39 is 6.03 Å². The molecule has 4 amide bonds. The Morgan fingerprint density at radius 3 is 2.37 bits per heavy atom. The molecule has 4 rings (SSSR count). The van der Waals surface area contributed by atoms with Gasteiger partial charge in [-0.3, -0.25) is 14.5 Å². The van der Waals surface area contributed by atoms with E-state index >= 15 is 0 Å². The monoisotopic (exact) mass is 425 g/mol. The third-order valence-corrected chi connectivity index (χ3v) is 6.08. The van der Waals surface area contributed by atoms with Crippen molar-refractivity contribution in [2.75, 3.05) is 10.6 Å². The molecule has 1 fully saturated rings. The zero-order valence-corrected chi connectivity index (χ0v) is 17.8. The smallest absolute Gasteiger partial charge is 0.308 e. The molecular weight excluding hydrogens is 402 g/mol. The maximum Gasteiger partial charge on any atom is 0.323 e. The molecule has 0 aromatic heterocycles. The fourth-order valence-electron chi connectivity index (χ4n) is 4.36. The lowest BCUT2D eigenvalue weighted by atomic mass is 9.94. The first-order valence-corrected chi connectivity index (χ1v) is 10.6. The highest BCUT2D eigenvalue weighted by Gasteiger charge is 2.40. The molecule has 2 N–H and O–H groups in total. The van der Waals surface area contributed by atoms with Crippen LogP contribution in [0.15, 0.2) is 30.3 Å². The number of hydrogen-bond acceptors (Lipinski definition) is 3. The summed E-state index contributed by atoms with van der Waals surface area (Å²) >= 11 is 6.25. The van der Waals surface area contributed by atoms with E-state index in [9.17, 15) is 14.4 Å². The summed E-state index contributed by atoms with van der Waals surface area (Å²) in [5.41, 5.74) is 3.58.